The average Bonchev–Trinajstić information content (AvgIpc) is 2.29. The van der Waals surface area contributed by atoms with E-state index < -0.39 is 11.4 Å². The fourth-order valence-electron chi connectivity index (χ4n) is 1.76. The lowest BCUT2D eigenvalue weighted by molar-refractivity contribution is 0.0972. The van der Waals surface area contributed by atoms with Gasteiger partial charge >= 0.3 is 0 Å². The Bertz CT molecular complexity index is 520. The number of nitrogens with zero attached hydrogens (tertiary/aromatic N) is 1. The Balaban J connectivity index is 2.45. The maximum atomic E-state index is 12.8. The molecule has 0 aliphatic carbocycles. The van der Waals surface area contributed by atoms with Crippen molar-refractivity contribution in [2.45, 2.75) is 19.4 Å². The lowest BCUT2D eigenvalue weighted by Gasteiger charge is -2.23. The van der Waals surface area contributed by atoms with Crippen LogP contribution >= 0.6 is 0 Å². The van der Waals surface area contributed by atoms with Crippen molar-refractivity contribution in [3.05, 3.63) is 65.2 Å². The molecule has 0 saturated heterocycles. The molecule has 0 spiro atoms. The Morgan fingerprint density at radius 3 is 2.59 bits per heavy atom. The molecule has 3 heteroatoms. The first-order valence-electron chi connectivity index (χ1n) is 5.42. The molecule has 1 heterocycles. The van der Waals surface area contributed by atoms with Gasteiger partial charge < -0.3 is 5.11 Å². The lowest BCUT2D eigenvalue weighted by Crippen LogP contribution is -2.24. The summed E-state index contributed by atoms with van der Waals surface area (Å²) in [5.74, 6) is -0.409. The Morgan fingerprint density at radius 2 is 2.00 bits per heavy atom. The third-order valence-electron chi connectivity index (χ3n) is 2.81. The summed E-state index contributed by atoms with van der Waals surface area (Å²) >= 11 is 0. The van der Waals surface area contributed by atoms with Crippen molar-refractivity contribution < 1.29 is 9.50 Å². The van der Waals surface area contributed by atoms with Crippen molar-refractivity contribution >= 4 is 0 Å². The molecular weight excluding hydrogens is 217 g/mol. The van der Waals surface area contributed by atoms with Gasteiger partial charge in [0.05, 0.1) is 11.9 Å². The zero-order chi connectivity index (χ0) is 12.5. The zero-order valence-corrected chi connectivity index (χ0v) is 9.81. The van der Waals surface area contributed by atoms with Crippen molar-refractivity contribution in [3.8, 4) is 0 Å². The first-order chi connectivity index (χ1) is 8.00. The second kappa shape index (κ2) is 4.26. The molecule has 0 fully saturated rings. The van der Waals surface area contributed by atoms with Gasteiger partial charge in [0.2, 0.25) is 0 Å². The summed E-state index contributed by atoms with van der Waals surface area (Å²) in [7, 11) is 0. The minimum atomic E-state index is -1.21. The maximum absolute atomic E-state index is 12.8. The van der Waals surface area contributed by atoms with Gasteiger partial charge in [0.25, 0.3) is 0 Å². The fourth-order valence-corrected chi connectivity index (χ4v) is 1.76. The van der Waals surface area contributed by atoms with E-state index >= 15 is 0 Å². The first-order valence-corrected chi connectivity index (χ1v) is 5.42. The van der Waals surface area contributed by atoms with Crippen LogP contribution in [0.25, 0.3) is 0 Å². The van der Waals surface area contributed by atoms with E-state index in [1.54, 1.807) is 6.92 Å². The quantitative estimate of drug-likeness (QED) is 0.862. The third kappa shape index (κ3) is 2.34. The topological polar surface area (TPSA) is 33.1 Å². The molecule has 0 bridgehead atoms. The number of rotatable bonds is 2. The number of aryl methyl sites for hydroxylation is 1. The third-order valence-corrected chi connectivity index (χ3v) is 2.81. The molecule has 1 aromatic carbocycles. The summed E-state index contributed by atoms with van der Waals surface area (Å²) in [5, 5.41) is 10.5. The molecule has 2 aromatic rings. The lowest BCUT2D eigenvalue weighted by atomic mass is 9.91. The highest BCUT2D eigenvalue weighted by Crippen LogP contribution is 2.27. The second-order valence-electron chi connectivity index (χ2n) is 4.30. The number of halogens is 1. The van der Waals surface area contributed by atoms with E-state index in [1.807, 2.05) is 31.2 Å². The van der Waals surface area contributed by atoms with Gasteiger partial charge in [-0.25, -0.2) is 4.39 Å². The first kappa shape index (κ1) is 11.7. The molecule has 1 atom stereocenters. The number of hydrogen-bond acceptors (Lipinski definition) is 2. The molecule has 2 rings (SSSR count). The monoisotopic (exact) mass is 231 g/mol. The van der Waals surface area contributed by atoms with E-state index in [0.717, 1.165) is 17.3 Å². The Labute approximate surface area is 99.8 Å². The van der Waals surface area contributed by atoms with Gasteiger partial charge in [-0.2, -0.15) is 0 Å². The molecule has 2 nitrogen and oxygen atoms in total. The summed E-state index contributed by atoms with van der Waals surface area (Å²) in [5.41, 5.74) is 1.03. The highest BCUT2D eigenvalue weighted by Gasteiger charge is 2.27. The second-order valence-corrected chi connectivity index (χ2v) is 4.30. The molecule has 88 valence electrons. The number of pyridine rings is 1. The van der Waals surface area contributed by atoms with E-state index in [1.165, 1.54) is 12.1 Å². The van der Waals surface area contributed by atoms with Gasteiger partial charge in [0.1, 0.15) is 11.4 Å². The molecule has 17 heavy (non-hydrogen) atoms. The van der Waals surface area contributed by atoms with Crippen LogP contribution in [-0.4, -0.2) is 10.1 Å². The van der Waals surface area contributed by atoms with Crippen LogP contribution < -0.4 is 0 Å². The Hall–Kier alpha value is -1.74. The van der Waals surface area contributed by atoms with Crippen LogP contribution in [0, 0.1) is 12.7 Å². The smallest absolute Gasteiger partial charge is 0.141 e. The van der Waals surface area contributed by atoms with E-state index in [0.29, 0.717) is 5.69 Å². The highest BCUT2D eigenvalue weighted by molar-refractivity contribution is 5.33. The van der Waals surface area contributed by atoms with Crippen molar-refractivity contribution in [3.63, 3.8) is 0 Å². The molecule has 1 unspecified atom stereocenters. The van der Waals surface area contributed by atoms with E-state index in [-0.39, 0.29) is 0 Å². The SMILES string of the molecule is Cc1cccc(C(C)(O)c2ccc(F)cn2)c1. The summed E-state index contributed by atoms with van der Waals surface area (Å²) in [4.78, 5) is 3.93. The molecular formula is C14H14FNO. The average molecular weight is 231 g/mol. The van der Waals surface area contributed by atoms with Crippen LogP contribution in [-0.2, 0) is 5.60 Å². The van der Waals surface area contributed by atoms with Crippen molar-refractivity contribution in [2.75, 3.05) is 0 Å². The van der Waals surface area contributed by atoms with Crippen LogP contribution in [0.5, 0.6) is 0 Å². The minimum Gasteiger partial charge on any atom is -0.379 e. The zero-order valence-electron chi connectivity index (χ0n) is 9.81. The van der Waals surface area contributed by atoms with Gasteiger partial charge in [-0.15, -0.1) is 0 Å². The van der Waals surface area contributed by atoms with Gasteiger partial charge in [-0.3, -0.25) is 4.98 Å². The highest BCUT2D eigenvalue weighted by atomic mass is 19.1. The number of benzene rings is 1. The molecule has 1 aromatic heterocycles. The van der Waals surface area contributed by atoms with E-state index in [4.69, 9.17) is 0 Å². The molecule has 0 amide bonds. The fraction of sp³-hybridized carbons (Fsp3) is 0.214. The molecule has 0 saturated carbocycles. The summed E-state index contributed by atoms with van der Waals surface area (Å²) < 4.78 is 12.8. The Morgan fingerprint density at radius 1 is 1.24 bits per heavy atom. The predicted octanol–water partition coefficient (Wildman–Crippen LogP) is 2.78. The minimum absolute atomic E-state index is 0.409. The standard InChI is InChI=1S/C14H14FNO/c1-10-4-3-5-11(8-10)14(2,17)13-7-6-12(15)9-16-13/h3-9,17H,1-2H3. The van der Waals surface area contributed by atoms with Crippen molar-refractivity contribution in [1.82, 2.24) is 4.98 Å². The summed E-state index contributed by atoms with van der Waals surface area (Å²) in [6.07, 6.45) is 1.11. The predicted molar refractivity (Wildman–Crippen MR) is 64.0 cm³/mol. The van der Waals surface area contributed by atoms with E-state index in [2.05, 4.69) is 4.98 Å². The van der Waals surface area contributed by atoms with Crippen LogP contribution in [0.3, 0.4) is 0 Å². The molecule has 1 N–H and O–H groups in total. The van der Waals surface area contributed by atoms with Gasteiger partial charge in [0, 0.05) is 0 Å². The normalized spacial score (nSPS) is 14.4. The van der Waals surface area contributed by atoms with Gasteiger partial charge in [-0.05, 0) is 31.5 Å². The van der Waals surface area contributed by atoms with Crippen molar-refractivity contribution in [2.24, 2.45) is 0 Å². The number of hydrogen-bond donors (Lipinski definition) is 1. The van der Waals surface area contributed by atoms with Crippen LogP contribution in [0.1, 0.15) is 23.7 Å². The summed E-state index contributed by atoms with van der Waals surface area (Å²) in [6, 6.07) is 10.4. The number of aliphatic hydroxyl groups is 1. The van der Waals surface area contributed by atoms with Crippen LogP contribution in [0.4, 0.5) is 4.39 Å². The molecule has 0 aliphatic heterocycles. The van der Waals surface area contributed by atoms with Crippen LogP contribution in [0.15, 0.2) is 42.6 Å². The Kier molecular flexibility index (Phi) is 2.94. The molecule has 0 radical (unpaired) electrons. The largest absolute Gasteiger partial charge is 0.379 e. The molecule has 0 aliphatic rings. The van der Waals surface area contributed by atoms with Gasteiger partial charge in [0.15, 0.2) is 0 Å². The summed E-state index contributed by atoms with van der Waals surface area (Å²) in [6.45, 7) is 3.61. The maximum Gasteiger partial charge on any atom is 0.141 e. The van der Waals surface area contributed by atoms with Crippen molar-refractivity contribution in [1.29, 1.82) is 0 Å². The number of aromatic nitrogens is 1. The van der Waals surface area contributed by atoms with Gasteiger partial charge in [-0.1, -0.05) is 29.8 Å². The van der Waals surface area contributed by atoms with E-state index in [9.17, 15) is 9.50 Å². The van der Waals surface area contributed by atoms with Crippen LogP contribution in [0.2, 0.25) is 0 Å².